The lowest BCUT2D eigenvalue weighted by molar-refractivity contribution is 0.101. The molecule has 0 saturated heterocycles. The Hall–Kier alpha value is -4.01. The molecule has 0 amide bonds. The zero-order chi connectivity index (χ0) is 24.4. The van der Waals surface area contributed by atoms with Gasteiger partial charge >= 0.3 is 0 Å². The number of methoxy groups -OCH3 is 3. The van der Waals surface area contributed by atoms with Gasteiger partial charge in [-0.3, -0.25) is 4.79 Å². The van der Waals surface area contributed by atoms with E-state index in [4.69, 9.17) is 33.2 Å². The summed E-state index contributed by atoms with van der Waals surface area (Å²) in [5.41, 5.74) is 0.429. The molecule has 1 aliphatic heterocycles. The lowest BCUT2D eigenvalue weighted by atomic mass is 9.94. The van der Waals surface area contributed by atoms with Crippen LogP contribution in [0.5, 0.6) is 46.0 Å². The van der Waals surface area contributed by atoms with Crippen LogP contribution in [-0.2, 0) is 6.61 Å². The molecule has 0 aromatic heterocycles. The first-order valence-electron chi connectivity index (χ1n) is 10.6. The van der Waals surface area contributed by atoms with Gasteiger partial charge in [0.2, 0.25) is 18.3 Å². The van der Waals surface area contributed by atoms with Gasteiger partial charge in [-0.05, 0) is 38.1 Å². The number of carbonyl (C=O) groups excluding carboxylic acids is 1. The summed E-state index contributed by atoms with van der Waals surface area (Å²) >= 11 is 0. The Morgan fingerprint density at radius 1 is 0.882 bits per heavy atom. The van der Waals surface area contributed by atoms with Crippen LogP contribution in [0, 0.1) is 0 Å². The zero-order valence-electron chi connectivity index (χ0n) is 19.6. The molecular formula is C25H26O9. The molecule has 9 heteroatoms. The van der Waals surface area contributed by atoms with Gasteiger partial charge in [0, 0.05) is 5.56 Å². The number of fused-ring (bicyclic) bond motifs is 2. The Labute approximate surface area is 196 Å². The average molecular weight is 470 g/mol. The van der Waals surface area contributed by atoms with Crippen LogP contribution in [0.25, 0.3) is 10.8 Å². The van der Waals surface area contributed by atoms with Crippen molar-refractivity contribution in [3.8, 4) is 46.0 Å². The van der Waals surface area contributed by atoms with Crippen LogP contribution in [0.4, 0.5) is 0 Å². The third-order valence-electron chi connectivity index (χ3n) is 5.50. The average Bonchev–Trinajstić information content (AvgIpc) is 3.33. The second-order valence-electron chi connectivity index (χ2n) is 7.37. The molecule has 0 atom stereocenters. The van der Waals surface area contributed by atoms with E-state index in [1.54, 1.807) is 38.3 Å². The van der Waals surface area contributed by atoms with E-state index in [9.17, 15) is 9.90 Å². The molecule has 0 saturated carbocycles. The lowest BCUT2D eigenvalue weighted by Crippen LogP contribution is -2.10. The highest BCUT2D eigenvalue weighted by molar-refractivity contribution is 6.13. The molecule has 4 rings (SSSR count). The maximum atomic E-state index is 12.8. The smallest absolute Gasteiger partial charge is 0.231 e. The number of Topliss-reactive ketones (excluding diaryl/α,β-unsaturated/α-hetero) is 1. The number of ether oxygens (including phenoxy) is 7. The van der Waals surface area contributed by atoms with Crippen molar-refractivity contribution in [3.63, 3.8) is 0 Å². The number of aromatic hydroxyl groups is 1. The highest BCUT2D eigenvalue weighted by Gasteiger charge is 2.35. The normalized spacial score (nSPS) is 11.9. The van der Waals surface area contributed by atoms with E-state index < -0.39 is 0 Å². The Morgan fingerprint density at radius 2 is 1.47 bits per heavy atom. The lowest BCUT2D eigenvalue weighted by Gasteiger charge is -2.22. The van der Waals surface area contributed by atoms with Crippen LogP contribution < -0.4 is 33.2 Å². The molecule has 0 radical (unpaired) electrons. The van der Waals surface area contributed by atoms with Crippen LogP contribution in [0.15, 0.2) is 24.3 Å². The van der Waals surface area contributed by atoms with Gasteiger partial charge in [-0.15, -0.1) is 0 Å². The van der Waals surface area contributed by atoms with Crippen LogP contribution >= 0.6 is 0 Å². The molecule has 3 aromatic carbocycles. The summed E-state index contributed by atoms with van der Waals surface area (Å²) < 4.78 is 39.5. The topological polar surface area (TPSA) is 102 Å². The van der Waals surface area contributed by atoms with Crippen molar-refractivity contribution in [3.05, 3.63) is 35.4 Å². The number of ketones is 1. The summed E-state index contributed by atoms with van der Waals surface area (Å²) in [6.45, 7) is 3.31. The van der Waals surface area contributed by atoms with Crippen molar-refractivity contribution in [1.82, 2.24) is 0 Å². The molecule has 3 aromatic rings. The van der Waals surface area contributed by atoms with Crippen molar-refractivity contribution in [2.24, 2.45) is 0 Å². The fourth-order valence-corrected chi connectivity index (χ4v) is 4.06. The Balaban J connectivity index is 1.99. The molecule has 0 unspecified atom stereocenters. The first kappa shape index (κ1) is 23.2. The minimum Gasteiger partial charge on any atom is -0.507 e. The van der Waals surface area contributed by atoms with Crippen molar-refractivity contribution < 1.29 is 43.1 Å². The first-order valence-corrected chi connectivity index (χ1v) is 10.6. The van der Waals surface area contributed by atoms with Gasteiger partial charge in [0.1, 0.15) is 29.6 Å². The molecule has 0 aliphatic carbocycles. The minimum absolute atomic E-state index is 0.0455. The number of phenols is 1. The number of benzene rings is 3. The predicted octanol–water partition coefficient (Wildman–Crippen LogP) is 4.48. The number of hydrogen-bond donors (Lipinski definition) is 1. The molecule has 1 aliphatic rings. The molecule has 1 N–H and O–H groups in total. The number of hydrogen-bond acceptors (Lipinski definition) is 9. The van der Waals surface area contributed by atoms with Crippen LogP contribution in [-0.4, -0.2) is 45.6 Å². The van der Waals surface area contributed by atoms with E-state index in [1.165, 1.54) is 21.1 Å². The van der Waals surface area contributed by atoms with Crippen molar-refractivity contribution in [1.29, 1.82) is 0 Å². The molecule has 34 heavy (non-hydrogen) atoms. The van der Waals surface area contributed by atoms with E-state index in [1.807, 2.05) is 0 Å². The van der Waals surface area contributed by atoms with Crippen molar-refractivity contribution >= 4 is 16.6 Å². The highest BCUT2D eigenvalue weighted by atomic mass is 16.7. The predicted molar refractivity (Wildman–Crippen MR) is 123 cm³/mol. The standard InChI is InChI=1S/C25H26O9/c1-6-31-21-17(13(2)26)16(11-32-15-9-7-14(28-3)8-10-15)20(27)18-19(21)23(30-5)25-24(22(18)29-4)33-12-34-25/h7-10,27H,6,11-12H2,1-5H3. The summed E-state index contributed by atoms with van der Waals surface area (Å²) in [5.74, 6) is 2.04. The largest absolute Gasteiger partial charge is 0.507 e. The Morgan fingerprint density at radius 3 is 2.00 bits per heavy atom. The third-order valence-corrected chi connectivity index (χ3v) is 5.50. The monoisotopic (exact) mass is 470 g/mol. The van der Waals surface area contributed by atoms with E-state index in [0.717, 1.165) is 0 Å². The Kier molecular flexibility index (Phi) is 6.45. The SMILES string of the molecule is CCOc1c(C(C)=O)c(COc2ccc(OC)cc2)c(O)c2c(OC)c3c(c(OC)c12)OCO3. The molecule has 0 bridgehead atoms. The maximum absolute atomic E-state index is 12.8. The van der Waals surface area contributed by atoms with Gasteiger partial charge in [-0.2, -0.15) is 0 Å². The van der Waals surface area contributed by atoms with E-state index >= 15 is 0 Å². The van der Waals surface area contributed by atoms with Gasteiger partial charge in [0.05, 0.1) is 44.3 Å². The quantitative estimate of drug-likeness (QED) is 0.454. The third kappa shape index (κ3) is 3.72. The van der Waals surface area contributed by atoms with Gasteiger partial charge < -0.3 is 38.3 Å². The van der Waals surface area contributed by atoms with Gasteiger partial charge in [-0.25, -0.2) is 0 Å². The van der Waals surface area contributed by atoms with Gasteiger partial charge in [-0.1, -0.05) is 0 Å². The second kappa shape index (κ2) is 9.46. The fourth-order valence-electron chi connectivity index (χ4n) is 4.06. The highest BCUT2D eigenvalue weighted by Crippen LogP contribution is 2.59. The minimum atomic E-state index is -0.312. The van der Waals surface area contributed by atoms with Crippen molar-refractivity contribution in [2.45, 2.75) is 20.5 Å². The number of carbonyl (C=O) groups is 1. The van der Waals surface area contributed by atoms with E-state index in [2.05, 4.69) is 0 Å². The van der Waals surface area contributed by atoms with Crippen LogP contribution in [0.3, 0.4) is 0 Å². The summed E-state index contributed by atoms with van der Waals surface area (Å²) in [7, 11) is 4.49. The molecule has 0 fully saturated rings. The van der Waals surface area contributed by atoms with E-state index in [-0.39, 0.29) is 65.3 Å². The molecule has 9 nitrogen and oxygen atoms in total. The van der Waals surface area contributed by atoms with E-state index in [0.29, 0.717) is 28.4 Å². The maximum Gasteiger partial charge on any atom is 0.231 e. The summed E-state index contributed by atoms with van der Waals surface area (Å²) in [6, 6.07) is 6.97. The number of rotatable bonds is 9. The summed E-state index contributed by atoms with van der Waals surface area (Å²) in [6.07, 6.45) is 0. The second-order valence-corrected chi connectivity index (χ2v) is 7.37. The summed E-state index contributed by atoms with van der Waals surface area (Å²) in [4.78, 5) is 12.8. The first-order chi connectivity index (χ1) is 16.5. The zero-order valence-corrected chi connectivity index (χ0v) is 19.6. The fraction of sp³-hybridized carbons (Fsp3) is 0.320. The Bertz CT molecular complexity index is 1230. The van der Waals surface area contributed by atoms with Crippen molar-refractivity contribution in [2.75, 3.05) is 34.7 Å². The van der Waals surface area contributed by atoms with Gasteiger partial charge in [0.15, 0.2) is 17.3 Å². The molecule has 180 valence electrons. The van der Waals surface area contributed by atoms with Crippen LogP contribution in [0.1, 0.15) is 29.8 Å². The van der Waals surface area contributed by atoms with Gasteiger partial charge in [0.25, 0.3) is 0 Å². The molecule has 1 heterocycles. The number of phenolic OH excluding ortho intramolecular Hbond substituents is 1. The molecular weight excluding hydrogens is 444 g/mol. The molecule has 0 spiro atoms. The summed E-state index contributed by atoms with van der Waals surface area (Å²) in [5, 5.41) is 12.1. The van der Waals surface area contributed by atoms with Crippen LogP contribution in [0.2, 0.25) is 0 Å².